The summed E-state index contributed by atoms with van der Waals surface area (Å²) in [6, 6.07) is 2.22. The molecule has 0 amide bonds. The van der Waals surface area contributed by atoms with Gasteiger partial charge in [0.05, 0.1) is 6.10 Å². The van der Waals surface area contributed by atoms with Gasteiger partial charge >= 0.3 is 0 Å². The molecule has 2 atom stereocenters. The smallest absolute Gasteiger partial charge is 0.132 e. The summed E-state index contributed by atoms with van der Waals surface area (Å²) >= 11 is 0. The largest absolute Gasteiger partial charge is 0.392 e. The van der Waals surface area contributed by atoms with E-state index in [2.05, 4.69) is 42.1 Å². The number of hydrogen-bond acceptors (Lipinski definition) is 6. The molecule has 1 aromatic rings. The van der Waals surface area contributed by atoms with Gasteiger partial charge in [-0.25, -0.2) is 9.97 Å². The SMILES string of the molecule is Cc1nc(C2CCNCC2)cc(N2C[C@]3(C)CN(C)C[C@@](C)(C2)C3O)n1. The van der Waals surface area contributed by atoms with E-state index in [0.717, 1.165) is 63.8 Å². The zero-order valence-corrected chi connectivity index (χ0v) is 16.6. The lowest BCUT2D eigenvalue weighted by molar-refractivity contribution is -0.127. The first-order valence-corrected chi connectivity index (χ1v) is 9.97. The Balaban J connectivity index is 1.64. The Labute approximate surface area is 157 Å². The van der Waals surface area contributed by atoms with Gasteiger partial charge in [-0.05, 0) is 39.9 Å². The van der Waals surface area contributed by atoms with Gasteiger partial charge in [0.1, 0.15) is 11.6 Å². The lowest BCUT2D eigenvalue weighted by Crippen LogP contribution is -2.69. The number of aryl methyl sites for hydroxylation is 1. The molecule has 0 radical (unpaired) electrons. The maximum Gasteiger partial charge on any atom is 0.132 e. The monoisotopic (exact) mass is 359 g/mol. The fourth-order valence-corrected chi connectivity index (χ4v) is 5.73. The number of fused-ring (bicyclic) bond motifs is 2. The molecule has 0 saturated carbocycles. The first-order chi connectivity index (χ1) is 12.3. The molecule has 3 aliphatic rings. The predicted molar refractivity (Wildman–Crippen MR) is 104 cm³/mol. The van der Waals surface area contributed by atoms with Crippen LogP contribution in [0.5, 0.6) is 0 Å². The van der Waals surface area contributed by atoms with Crippen LogP contribution >= 0.6 is 0 Å². The Morgan fingerprint density at radius 3 is 2.31 bits per heavy atom. The fourth-order valence-electron chi connectivity index (χ4n) is 5.73. The molecule has 4 rings (SSSR count). The van der Waals surface area contributed by atoms with Crippen LogP contribution in [0.1, 0.15) is 44.1 Å². The van der Waals surface area contributed by atoms with Crippen molar-refractivity contribution in [3.05, 3.63) is 17.6 Å². The van der Waals surface area contributed by atoms with Crippen molar-refractivity contribution in [2.45, 2.75) is 45.6 Å². The lowest BCUT2D eigenvalue weighted by atomic mass is 9.63. The zero-order chi connectivity index (χ0) is 18.5. The van der Waals surface area contributed by atoms with Crippen molar-refractivity contribution in [2.75, 3.05) is 51.2 Å². The van der Waals surface area contributed by atoms with Gasteiger partial charge in [-0.1, -0.05) is 13.8 Å². The van der Waals surface area contributed by atoms with Crippen LogP contribution in [-0.4, -0.2) is 72.4 Å². The van der Waals surface area contributed by atoms with Crippen LogP contribution in [0.15, 0.2) is 6.07 Å². The molecule has 3 saturated heterocycles. The number of aliphatic hydroxyl groups excluding tert-OH is 1. The van der Waals surface area contributed by atoms with E-state index < -0.39 is 0 Å². The van der Waals surface area contributed by atoms with Gasteiger partial charge in [-0.2, -0.15) is 0 Å². The standard InChI is InChI=1S/C20H33N5O/c1-14-22-16(15-5-7-21-8-6-15)9-17(23-14)25-12-19(2)10-24(4)11-20(3,13-25)18(19)26/h9,15,18,21,26H,5-8,10-13H2,1-4H3/t19-,20-/m0/s1. The first kappa shape index (κ1) is 18.1. The molecule has 4 heterocycles. The maximum atomic E-state index is 11.0. The molecule has 0 aliphatic carbocycles. The minimum absolute atomic E-state index is 0.131. The number of nitrogens with one attached hydrogen (secondary N) is 1. The summed E-state index contributed by atoms with van der Waals surface area (Å²) in [5, 5.41) is 14.4. The van der Waals surface area contributed by atoms with Gasteiger partial charge in [0.15, 0.2) is 0 Å². The molecule has 144 valence electrons. The van der Waals surface area contributed by atoms with Gasteiger partial charge in [0.25, 0.3) is 0 Å². The predicted octanol–water partition coefficient (Wildman–Crippen LogP) is 1.39. The lowest BCUT2D eigenvalue weighted by Gasteiger charge is -2.59. The van der Waals surface area contributed by atoms with Crippen LogP contribution in [0.4, 0.5) is 5.82 Å². The number of aromatic nitrogens is 2. The third-order valence-corrected chi connectivity index (χ3v) is 6.61. The van der Waals surface area contributed by atoms with Crippen LogP contribution < -0.4 is 10.2 Å². The summed E-state index contributed by atoms with van der Waals surface area (Å²) < 4.78 is 0. The summed E-state index contributed by atoms with van der Waals surface area (Å²) in [5.41, 5.74) is 0.930. The topological polar surface area (TPSA) is 64.5 Å². The second kappa shape index (κ2) is 6.43. The van der Waals surface area contributed by atoms with E-state index in [1.807, 2.05) is 6.92 Å². The molecular formula is C20H33N5O. The quantitative estimate of drug-likeness (QED) is 0.832. The highest BCUT2D eigenvalue weighted by Gasteiger charge is 2.55. The Morgan fingerprint density at radius 2 is 1.69 bits per heavy atom. The molecule has 1 aromatic heterocycles. The van der Waals surface area contributed by atoms with Crippen molar-refractivity contribution < 1.29 is 5.11 Å². The van der Waals surface area contributed by atoms with E-state index >= 15 is 0 Å². The highest BCUT2D eigenvalue weighted by Crippen LogP contribution is 2.46. The molecular weight excluding hydrogens is 326 g/mol. The van der Waals surface area contributed by atoms with Crippen molar-refractivity contribution >= 4 is 5.82 Å². The van der Waals surface area contributed by atoms with Gasteiger partial charge in [0, 0.05) is 54.7 Å². The number of aliphatic hydroxyl groups is 1. The number of hydrogen-bond donors (Lipinski definition) is 2. The third-order valence-electron chi connectivity index (χ3n) is 6.61. The number of piperidine rings is 3. The molecule has 26 heavy (non-hydrogen) atoms. The molecule has 3 aliphatic heterocycles. The normalized spacial score (nSPS) is 36.3. The summed E-state index contributed by atoms with van der Waals surface area (Å²) in [4.78, 5) is 14.3. The second-order valence-electron chi connectivity index (χ2n) is 9.46. The van der Waals surface area contributed by atoms with Gasteiger partial charge in [-0.3, -0.25) is 0 Å². The highest BCUT2D eigenvalue weighted by molar-refractivity contribution is 5.43. The zero-order valence-electron chi connectivity index (χ0n) is 16.6. The number of rotatable bonds is 2. The fraction of sp³-hybridized carbons (Fsp3) is 0.800. The average Bonchev–Trinajstić information content (AvgIpc) is 2.58. The van der Waals surface area contributed by atoms with Crippen molar-refractivity contribution in [2.24, 2.45) is 10.8 Å². The third kappa shape index (κ3) is 3.12. The Morgan fingerprint density at radius 1 is 1.08 bits per heavy atom. The maximum absolute atomic E-state index is 11.0. The molecule has 2 bridgehead atoms. The van der Waals surface area contributed by atoms with E-state index in [0.29, 0.717) is 5.92 Å². The summed E-state index contributed by atoms with van der Waals surface area (Å²) in [6.45, 7) is 12.1. The number of likely N-dealkylation sites (tertiary alicyclic amines) is 1. The van der Waals surface area contributed by atoms with E-state index in [9.17, 15) is 5.11 Å². The molecule has 6 heteroatoms. The molecule has 0 aromatic carbocycles. The molecule has 3 fully saturated rings. The van der Waals surface area contributed by atoms with Gasteiger partial charge in [-0.15, -0.1) is 0 Å². The molecule has 6 nitrogen and oxygen atoms in total. The summed E-state index contributed by atoms with van der Waals surface area (Å²) in [6.07, 6.45) is 2.03. The Bertz CT molecular complexity index is 654. The van der Waals surface area contributed by atoms with Crippen LogP contribution in [0.25, 0.3) is 0 Å². The van der Waals surface area contributed by atoms with Crippen molar-refractivity contribution in [3.63, 3.8) is 0 Å². The molecule has 2 N–H and O–H groups in total. The van der Waals surface area contributed by atoms with Crippen molar-refractivity contribution in [1.29, 1.82) is 0 Å². The van der Waals surface area contributed by atoms with Crippen molar-refractivity contribution in [3.8, 4) is 0 Å². The minimum atomic E-state index is -0.269. The van der Waals surface area contributed by atoms with E-state index in [1.165, 1.54) is 5.69 Å². The highest BCUT2D eigenvalue weighted by atomic mass is 16.3. The first-order valence-electron chi connectivity index (χ1n) is 9.97. The molecule has 0 spiro atoms. The van der Waals surface area contributed by atoms with E-state index in [1.54, 1.807) is 0 Å². The van der Waals surface area contributed by atoms with Crippen LogP contribution in [0.2, 0.25) is 0 Å². The van der Waals surface area contributed by atoms with E-state index in [-0.39, 0.29) is 16.9 Å². The number of nitrogens with zero attached hydrogens (tertiary/aromatic N) is 4. The molecule has 0 unspecified atom stereocenters. The van der Waals surface area contributed by atoms with Gasteiger partial charge in [0.2, 0.25) is 0 Å². The minimum Gasteiger partial charge on any atom is -0.392 e. The Kier molecular flexibility index (Phi) is 4.48. The summed E-state index contributed by atoms with van der Waals surface area (Å²) in [5.74, 6) is 2.43. The summed E-state index contributed by atoms with van der Waals surface area (Å²) in [7, 11) is 2.17. The Hall–Kier alpha value is -1.24. The van der Waals surface area contributed by atoms with Gasteiger partial charge < -0.3 is 20.2 Å². The van der Waals surface area contributed by atoms with E-state index in [4.69, 9.17) is 9.97 Å². The number of anilines is 1. The van der Waals surface area contributed by atoms with Crippen molar-refractivity contribution in [1.82, 2.24) is 20.2 Å². The second-order valence-corrected chi connectivity index (χ2v) is 9.46. The van der Waals surface area contributed by atoms with Crippen LogP contribution in [0, 0.1) is 17.8 Å². The average molecular weight is 360 g/mol. The van der Waals surface area contributed by atoms with Crippen LogP contribution in [0.3, 0.4) is 0 Å². The van der Waals surface area contributed by atoms with Crippen LogP contribution in [-0.2, 0) is 0 Å².